The van der Waals surface area contributed by atoms with Crippen LogP contribution in [0.15, 0.2) is 47.6 Å². The molecule has 1 heterocycles. The van der Waals surface area contributed by atoms with Crippen LogP contribution in [0.5, 0.6) is 0 Å². The van der Waals surface area contributed by atoms with E-state index < -0.39 is 35.5 Å². The Balaban J connectivity index is 1.61. The topological polar surface area (TPSA) is 50.7 Å². The molecule has 0 aromatic heterocycles. The monoisotopic (exact) mass is 484 g/mol. The Morgan fingerprint density at radius 3 is 2.59 bits per heavy atom. The van der Waals surface area contributed by atoms with Crippen molar-refractivity contribution >= 4 is 11.6 Å². The second-order valence-electron chi connectivity index (χ2n) is 8.53. The van der Waals surface area contributed by atoms with Crippen LogP contribution in [-0.4, -0.2) is 17.8 Å². The first-order valence-corrected chi connectivity index (χ1v) is 10.9. The van der Waals surface area contributed by atoms with Gasteiger partial charge in [-0.25, -0.2) is 0 Å². The van der Waals surface area contributed by atoms with Crippen molar-refractivity contribution in [3.8, 4) is 0 Å². The number of oxime groups is 1. The number of carbonyl (C=O) groups is 1. The van der Waals surface area contributed by atoms with Gasteiger partial charge in [0.1, 0.15) is 0 Å². The second-order valence-corrected chi connectivity index (χ2v) is 8.53. The van der Waals surface area contributed by atoms with Gasteiger partial charge in [0.25, 0.3) is 5.60 Å². The van der Waals surface area contributed by atoms with Gasteiger partial charge >= 0.3 is 12.4 Å². The van der Waals surface area contributed by atoms with Gasteiger partial charge in [-0.05, 0) is 54.2 Å². The van der Waals surface area contributed by atoms with Crippen molar-refractivity contribution in [1.82, 2.24) is 5.32 Å². The summed E-state index contributed by atoms with van der Waals surface area (Å²) >= 11 is 0. The molecule has 0 spiro atoms. The van der Waals surface area contributed by atoms with Crippen molar-refractivity contribution < 1.29 is 36.0 Å². The predicted molar refractivity (Wildman–Crippen MR) is 112 cm³/mol. The molecule has 0 bridgehead atoms. The van der Waals surface area contributed by atoms with Crippen LogP contribution in [0.2, 0.25) is 0 Å². The normalized spacial score (nSPS) is 22.2. The quantitative estimate of drug-likeness (QED) is 0.515. The molecule has 1 N–H and O–H groups in total. The van der Waals surface area contributed by atoms with Gasteiger partial charge in [-0.2, -0.15) is 26.3 Å². The van der Waals surface area contributed by atoms with Gasteiger partial charge in [0.05, 0.1) is 17.3 Å². The molecule has 1 aliphatic carbocycles. The van der Waals surface area contributed by atoms with E-state index in [0.717, 1.165) is 29.7 Å². The average Bonchev–Trinajstić information content (AvgIpc) is 3.39. The van der Waals surface area contributed by atoms with Crippen molar-refractivity contribution in [2.45, 2.75) is 63.0 Å². The largest absolute Gasteiger partial charge is 0.435 e. The van der Waals surface area contributed by atoms with Gasteiger partial charge in [0.2, 0.25) is 5.91 Å². The maximum absolute atomic E-state index is 14.2. The SMILES string of the molecule is CCCC(=O)NC1CCc2cc(C3=NOC(c4cccc(C(F)(F)F)c4)(C(F)(F)F)C3)ccc21. The number of halogens is 6. The Morgan fingerprint density at radius 1 is 1.15 bits per heavy atom. The minimum Gasteiger partial charge on any atom is -0.374 e. The summed E-state index contributed by atoms with van der Waals surface area (Å²) in [5.74, 6) is -0.0611. The van der Waals surface area contributed by atoms with Crippen LogP contribution in [-0.2, 0) is 27.8 Å². The predicted octanol–water partition coefficient (Wildman–Crippen LogP) is 6.19. The highest BCUT2D eigenvalue weighted by atomic mass is 19.4. The molecule has 182 valence electrons. The third-order valence-electron chi connectivity index (χ3n) is 6.21. The molecular formula is C24H22F6N2O2. The van der Waals surface area contributed by atoms with Gasteiger partial charge in [-0.3, -0.25) is 4.79 Å². The summed E-state index contributed by atoms with van der Waals surface area (Å²) in [6.07, 6.45) is -8.13. The standard InChI is InChI=1S/C24H22F6N2O2/c1-2-4-21(33)31-19-10-8-14-11-15(7-9-18(14)19)20-13-22(34-32-20,24(28,29)30)16-5-3-6-17(12-16)23(25,26)27/h3,5-7,9,11-12,19H,2,4,8,10,13H2,1H3,(H,31,33). The summed E-state index contributed by atoms with van der Waals surface area (Å²) in [5.41, 5.74) is -2.70. The number of fused-ring (bicyclic) bond motifs is 1. The molecule has 4 nitrogen and oxygen atoms in total. The van der Waals surface area contributed by atoms with Crippen LogP contribution in [0.1, 0.15) is 66.5 Å². The minimum absolute atomic E-state index is 0.00370. The Kier molecular flexibility index (Phi) is 6.12. The minimum atomic E-state index is -5.01. The van der Waals surface area contributed by atoms with E-state index in [0.29, 0.717) is 37.0 Å². The number of rotatable bonds is 5. The molecule has 1 aliphatic heterocycles. The van der Waals surface area contributed by atoms with Gasteiger partial charge in [0, 0.05) is 18.4 Å². The smallest absolute Gasteiger partial charge is 0.374 e. The molecule has 2 aromatic carbocycles. The first kappa shape index (κ1) is 24.1. The molecule has 0 saturated heterocycles. The number of benzene rings is 2. The maximum atomic E-state index is 14.2. The molecule has 2 aliphatic rings. The molecular weight excluding hydrogens is 462 g/mol. The van der Waals surface area contributed by atoms with Crippen molar-refractivity contribution in [2.75, 3.05) is 0 Å². The highest BCUT2D eigenvalue weighted by Gasteiger charge is 2.62. The van der Waals surface area contributed by atoms with Crippen molar-refractivity contribution in [3.63, 3.8) is 0 Å². The fraction of sp³-hybridized carbons (Fsp3) is 0.417. The molecule has 2 aromatic rings. The van der Waals surface area contributed by atoms with E-state index in [2.05, 4.69) is 10.5 Å². The van der Waals surface area contributed by atoms with E-state index in [4.69, 9.17) is 4.84 Å². The Hall–Kier alpha value is -3.04. The van der Waals surface area contributed by atoms with E-state index >= 15 is 0 Å². The van der Waals surface area contributed by atoms with Crippen LogP contribution in [0.3, 0.4) is 0 Å². The van der Waals surface area contributed by atoms with E-state index in [1.165, 1.54) is 0 Å². The Morgan fingerprint density at radius 2 is 1.91 bits per heavy atom. The highest BCUT2D eigenvalue weighted by molar-refractivity contribution is 6.02. The lowest BCUT2D eigenvalue weighted by atomic mass is 9.85. The van der Waals surface area contributed by atoms with E-state index in [-0.39, 0.29) is 17.7 Å². The molecule has 0 fully saturated rings. The summed E-state index contributed by atoms with van der Waals surface area (Å²) in [6.45, 7) is 1.90. The van der Waals surface area contributed by atoms with Gasteiger partial charge < -0.3 is 10.2 Å². The lowest BCUT2D eigenvalue weighted by Gasteiger charge is -2.30. The first-order valence-electron chi connectivity index (χ1n) is 10.9. The molecule has 4 rings (SSSR count). The summed E-state index contributed by atoms with van der Waals surface area (Å²) in [5, 5.41) is 6.62. The van der Waals surface area contributed by atoms with Gasteiger partial charge in [-0.15, -0.1) is 0 Å². The molecule has 10 heteroatoms. The van der Waals surface area contributed by atoms with Crippen LogP contribution in [0.4, 0.5) is 26.3 Å². The molecule has 0 saturated carbocycles. The fourth-order valence-corrected chi connectivity index (χ4v) is 4.45. The number of nitrogens with zero attached hydrogens (tertiary/aromatic N) is 1. The molecule has 1 amide bonds. The third kappa shape index (κ3) is 4.37. The average molecular weight is 484 g/mol. The highest BCUT2D eigenvalue weighted by Crippen LogP contribution is 2.49. The van der Waals surface area contributed by atoms with Crippen LogP contribution in [0.25, 0.3) is 0 Å². The van der Waals surface area contributed by atoms with Crippen LogP contribution >= 0.6 is 0 Å². The van der Waals surface area contributed by atoms with E-state index in [1.807, 2.05) is 6.92 Å². The molecule has 0 radical (unpaired) electrons. The van der Waals surface area contributed by atoms with Crippen molar-refractivity contribution in [1.29, 1.82) is 0 Å². The zero-order chi connectivity index (χ0) is 24.7. The molecule has 2 unspecified atom stereocenters. The lowest BCUT2D eigenvalue weighted by Crippen LogP contribution is -2.42. The summed E-state index contributed by atoms with van der Waals surface area (Å²) in [7, 11) is 0. The number of hydrogen-bond donors (Lipinski definition) is 1. The maximum Gasteiger partial charge on any atom is 0.435 e. The zero-order valence-corrected chi connectivity index (χ0v) is 18.2. The van der Waals surface area contributed by atoms with Gasteiger partial charge in [0.15, 0.2) is 0 Å². The number of hydrogen-bond acceptors (Lipinski definition) is 3. The number of amides is 1. The van der Waals surface area contributed by atoms with E-state index in [1.54, 1.807) is 18.2 Å². The van der Waals surface area contributed by atoms with E-state index in [9.17, 15) is 31.1 Å². The summed E-state index contributed by atoms with van der Waals surface area (Å²) in [6, 6.07) is 7.95. The second kappa shape index (κ2) is 8.63. The fourth-order valence-electron chi connectivity index (χ4n) is 4.45. The lowest BCUT2D eigenvalue weighted by molar-refractivity contribution is -0.276. The van der Waals surface area contributed by atoms with Crippen LogP contribution in [0, 0.1) is 0 Å². The van der Waals surface area contributed by atoms with Crippen molar-refractivity contribution in [2.24, 2.45) is 5.16 Å². The first-order chi connectivity index (χ1) is 15.9. The Labute approximate surface area is 192 Å². The third-order valence-corrected chi connectivity index (χ3v) is 6.21. The molecule has 2 atom stereocenters. The number of alkyl halides is 6. The van der Waals surface area contributed by atoms with Crippen LogP contribution < -0.4 is 5.32 Å². The number of nitrogens with one attached hydrogen (secondary N) is 1. The number of aryl methyl sites for hydroxylation is 1. The number of carbonyl (C=O) groups excluding carboxylic acids is 1. The Bertz CT molecular complexity index is 1130. The van der Waals surface area contributed by atoms with Gasteiger partial charge in [-0.1, -0.05) is 36.3 Å². The van der Waals surface area contributed by atoms with Crippen molar-refractivity contribution in [3.05, 3.63) is 70.3 Å². The zero-order valence-electron chi connectivity index (χ0n) is 18.2. The summed E-state index contributed by atoms with van der Waals surface area (Å²) < 4.78 is 81.8. The molecule has 34 heavy (non-hydrogen) atoms. The summed E-state index contributed by atoms with van der Waals surface area (Å²) in [4.78, 5) is 16.8.